The summed E-state index contributed by atoms with van der Waals surface area (Å²) in [7, 11) is 1.39. The Labute approximate surface area is 202 Å². The van der Waals surface area contributed by atoms with E-state index in [0.29, 0.717) is 36.5 Å². The summed E-state index contributed by atoms with van der Waals surface area (Å²) in [6.45, 7) is 1.80. The summed E-state index contributed by atoms with van der Waals surface area (Å²) in [4.78, 5) is 17.5. The van der Waals surface area contributed by atoms with Crippen LogP contribution < -0.4 is 9.47 Å². The highest BCUT2D eigenvalue weighted by molar-refractivity contribution is 6.02. The van der Waals surface area contributed by atoms with E-state index in [0.717, 1.165) is 12.0 Å². The van der Waals surface area contributed by atoms with Crippen LogP contribution in [0.5, 0.6) is 11.5 Å². The minimum atomic E-state index is -3.11. The largest absolute Gasteiger partial charge is 0.496 e. The topological polar surface area (TPSA) is 85.9 Å². The van der Waals surface area contributed by atoms with E-state index in [1.807, 2.05) is 26.0 Å². The average molecular weight is 484 g/mol. The Balaban J connectivity index is 1.74. The highest BCUT2D eigenvalue weighted by Gasteiger charge is 2.26. The Morgan fingerprint density at radius 2 is 2.11 bits per heavy atom. The number of nitrogens with zero attached hydrogens (tertiary/aromatic N) is 3. The van der Waals surface area contributed by atoms with Crippen LogP contribution in [0.25, 0.3) is 16.9 Å². The van der Waals surface area contributed by atoms with Crippen molar-refractivity contribution in [1.29, 1.82) is 5.26 Å². The van der Waals surface area contributed by atoms with Gasteiger partial charge in [0.15, 0.2) is 5.78 Å². The van der Waals surface area contributed by atoms with Crippen molar-refractivity contribution in [3.63, 3.8) is 0 Å². The van der Waals surface area contributed by atoms with Gasteiger partial charge in [0.1, 0.15) is 22.7 Å². The van der Waals surface area contributed by atoms with Gasteiger partial charge in [0, 0.05) is 31.4 Å². The highest BCUT2D eigenvalue weighted by atomic mass is 19.3. The fraction of sp³-hybridized carbons (Fsp3) is 0.423. The van der Waals surface area contributed by atoms with Gasteiger partial charge >= 0.3 is 6.61 Å². The quantitative estimate of drug-likeness (QED) is 0.378. The number of aromatic nitrogens is 2. The molecule has 1 aliphatic rings. The fourth-order valence-corrected chi connectivity index (χ4v) is 4.28. The van der Waals surface area contributed by atoms with Crippen LogP contribution in [0.2, 0.25) is 0 Å². The number of alkyl halides is 2. The molecule has 0 amide bonds. The molecule has 1 aliphatic heterocycles. The zero-order chi connectivity index (χ0) is 25.2. The average Bonchev–Trinajstić information content (AvgIpc) is 3.51. The Kier molecular flexibility index (Phi) is 7.03. The van der Waals surface area contributed by atoms with Crippen molar-refractivity contribution >= 4 is 11.4 Å². The molecule has 1 aromatic carbocycles. The molecule has 7 nitrogen and oxygen atoms in total. The first-order valence-electron chi connectivity index (χ1n) is 11.4. The molecule has 184 valence electrons. The summed E-state index contributed by atoms with van der Waals surface area (Å²) in [5, 5.41) is 9.43. The lowest BCUT2D eigenvalue weighted by Crippen LogP contribution is -2.14. The van der Waals surface area contributed by atoms with Crippen molar-refractivity contribution in [2.75, 3.05) is 20.3 Å². The molecule has 0 spiro atoms. The first-order chi connectivity index (χ1) is 16.7. The van der Waals surface area contributed by atoms with Crippen molar-refractivity contribution < 1.29 is 27.8 Å². The lowest BCUT2D eigenvalue weighted by atomic mass is 9.87. The van der Waals surface area contributed by atoms with Crippen LogP contribution in [-0.2, 0) is 10.2 Å². The Morgan fingerprint density at radius 3 is 2.77 bits per heavy atom. The number of pyridine rings is 1. The zero-order valence-electron chi connectivity index (χ0n) is 19.9. The van der Waals surface area contributed by atoms with Gasteiger partial charge in [-0.3, -0.25) is 9.20 Å². The maximum Gasteiger partial charge on any atom is 0.387 e. The van der Waals surface area contributed by atoms with Crippen LogP contribution >= 0.6 is 0 Å². The van der Waals surface area contributed by atoms with Crippen molar-refractivity contribution in [3.05, 3.63) is 47.8 Å². The molecule has 3 aromatic rings. The molecule has 3 heterocycles. The van der Waals surface area contributed by atoms with Crippen LogP contribution in [0.3, 0.4) is 0 Å². The Hall–Kier alpha value is -3.51. The standard InChI is InChI=1S/C26H27F2N3O4/c1-26(2,15-29)18-6-8-31-19(13-30-23(31)12-18)17-10-21(33-3)24(22(11-17)35-25(27)28)20(32)5-4-16-7-9-34-14-16/h6,8,10-13,16,25H,4-5,7,9,14H2,1-3H3. The smallest absolute Gasteiger partial charge is 0.387 e. The second-order valence-electron chi connectivity index (χ2n) is 9.15. The summed E-state index contributed by atoms with van der Waals surface area (Å²) >= 11 is 0. The number of ketones is 1. The molecule has 0 radical (unpaired) electrons. The van der Waals surface area contributed by atoms with Gasteiger partial charge in [-0.05, 0) is 62.4 Å². The molecule has 1 fully saturated rings. The number of carbonyl (C=O) groups excluding carboxylic acids is 1. The van der Waals surface area contributed by atoms with Crippen LogP contribution in [0, 0.1) is 17.2 Å². The van der Waals surface area contributed by atoms with Crippen molar-refractivity contribution in [2.45, 2.75) is 45.1 Å². The monoisotopic (exact) mass is 483 g/mol. The highest BCUT2D eigenvalue weighted by Crippen LogP contribution is 2.38. The first-order valence-corrected chi connectivity index (χ1v) is 11.4. The number of halogens is 2. The molecule has 0 saturated carbocycles. The SMILES string of the molecule is COc1cc(-c2cnc3cc(C(C)(C)C#N)ccn23)cc(OC(F)F)c1C(=O)CCC1CCOC1. The van der Waals surface area contributed by atoms with Crippen molar-refractivity contribution in [2.24, 2.45) is 5.92 Å². The predicted octanol–water partition coefficient (Wildman–Crippen LogP) is 5.41. The minimum Gasteiger partial charge on any atom is -0.496 e. The molecule has 4 rings (SSSR count). The summed E-state index contributed by atoms with van der Waals surface area (Å²) < 4.78 is 44.0. The van der Waals surface area contributed by atoms with E-state index >= 15 is 0 Å². The van der Waals surface area contributed by atoms with Gasteiger partial charge in [-0.25, -0.2) is 4.98 Å². The van der Waals surface area contributed by atoms with Crippen molar-refractivity contribution in [1.82, 2.24) is 9.38 Å². The van der Waals surface area contributed by atoms with Gasteiger partial charge in [0.2, 0.25) is 0 Å². The third-order valence-corrected chi connectivity index (χ3v) is 6.39. The molecule has 0 N–H and O–H groups in total. The zero-order valence-corrected chi connectivity index (χ0v) is 19.9. The number of nitriles is 1. The number of hydrogen-bond acceptors (Lipinski definition) is 6. The fourth-order valence-electron chi connectivity index (χ4n) is 4.28. The molecule has 9 heteroatoms. The third kappa shape index (κ3) is 5.13. The second-order valence-corrected chi connectivity index (χ2v) is 9.15. The Morgan fingerprint density at radius 1 is 1.34 bits per heavy atom. The van der Waals surface area contributed by atoms with E-state index in [2.05, 4.69) is 11.1 Å². The Bertz CT molecular complexity index is 1270. The molecule has 0 bridgehead atoms. The van der Waals surface area contributed by atoms with E-state index < -0.39 is 12.0 Å². The molecule has 1 unspecified atom stereocenters. The normalized spacial score (nSPS) is 16.0. The summed E-state index contributed by atoms with van der Waals surface area (Å²) in [6.07, 6.45) is 5.03. The van der Waals surface area contributed by atoms with Gasteiger partial charge in [-0.2, -0.15) is 14.0 Å². The summed E-state index contributed by atoms with van der Waals surface area (Å²) in [6, 6.07) is 8.94. The first kappa shape index (κ1) is 24.6. The molecule has 2 aromatic heterocycles. The van der Waals surface area contributed by atoms with Crippen LogP contribution in [0.4, 0.5) is 8.78 Å². The van der Waals surface area contributed by atoms with Gasteiger partial charge in [-0.1, -0.05) is 0 Å². The number of methoxy groups -OCH3 is 1. The van der Waals surface area contributed by atoms with Gasteiger partial charge in [0.25, 0.3) is 0 Å². The maximum absolute atomic E-state index is 13.3. The number of benzene rings is 1. The van der Waals surface area contributed by atoms with E-state index in [-0.39, 0.29) is 35.2 Å². The number of hydrogen-bond donors (Lipinski definition) is 0. The predicted molar refractivity (Wildman–Crippen MR) is 125 cm³/mol. The molecular formula is C26H27F2N3O4. The van der Waals surface area contributed by atoms with E-state index in [9.17, 15) is 18.8 Å². The van der Waals surface area contributed by atoms with E-state index in [1.54, 1.807) is 22.9 Å². The second kappa shape index (κ2) is 10.0. The number of rotatable bonds is 9. The number of fused-ring (bicyclic) bond motifs is 1. The maximum atomic E-state index is 13.3. The van der Waals surface area contributed by atoms with E-state index in [4.69, 9.17) is 14.2 Å². The third-order valence-electron chi connectivity index (χ3n) is 6.39. The molecule has 1 saturated heterocycles. The number of imidazole rings is 1. The number of carbonyl (C=O) groups is 1. The summed E-state index contributed by atoms with van der Waals surface area (Å²) in [5.74, 6) is -0.127. The molecule has 0 aliphatic carbocycles. The van der Waals surface area contributed by atoms with E-state index in [1.165, 1.54) is 13.2 Å². The summed E-state index contributed by atoms with van der Waals surface area (Å²) in [5.41, 5.74) is 1.80. The van der Waals surface area contributed by atoms with Gasteiger partial charge in [-0.15, -0.1) is 0 Å². The molecule has 35 heavy (non-hydrogen) atoms. The van der Waals surface area contributed by atoms with Crippen LogP contribution in [0.1, 0.15) is 49.0 Å². The number of Topliss-reactive ketones (excluding diaryl/α,β-unsaturated/α-hetero) is 1. The molecular weight excluding hydrogens is 456 g/mol. The number of ether oxygens (including phenoxy) is 3. The van der Waals surface area contributed by atoms with Gasteiger partial charge < -0.3 is 14.2 Å². The minimum absolute atomic E-state index is 0.00217. The van der Waals surface area contributed by atoms with Crippen molar-refractivity contribution in [3.8, 4) is 28.8 Å². The molecule has 1 atom stereocenters. The van der Waals surface area contributed by atoms with Crippen LogP contribution in [-0.4, -0.2) is 42.1 Å². The lowest BCUT2D eigenvalue weighted by Gasteiger charge is -2.17. The van der Waals surface area contributed by atoms with Crippen LogP contribution in [0.15, 0.2) is 36.7 Å². The van der Waals surface area contributed by atoms with Gasteiger partial charge in [0.05, 0.1) is 30.5 Å². The lowest BCUT2D eigenvalue weighted by molar-refractivity contribution is -0.0502.